The molecule has 2 aliphatic heterocycles. The Morgan fingerprint density at radius 1 is 1.14 bits per heavy atom. The number of carbonyl (C=O) groups is 1. The second kappa shape index (κ2) is 7.19. The molecule has 0 spiro atoms. The van der Waals surface area contributed by atoms with Crippen molar-refractivity contribution in [1.29, 1.82) is 0 Å². The highest BCUT2D eigenvalue weighted by molar-refractivity contribution is 7.89. The van der Waals surface area contributed by atoms with E-state index in [1.54, 1.807) is 33.8 Å². The first-order chi connectivity index (χ1) is 14.0. The maximum Gasteiger partial charge on any atom is 0.243 e. The van der Waals surface area contributed by atoms with Gasteiger partial charge in [-0.25, -0.2) is 13.4 Å². The maximum absolute atomic E-state index is 13.3. The van der Waals surface area contributed by atoms with Crippen molar-refractivity contribution in [1.82, 2.24) is 9.29 Å². The molecule has 0 radical (unpaired) electrons. The van der Waals surface area contributed by atoms with E-state index in [9.17, 15) is 13.2 Å². The number of benzene rings is 2. The van der Waals surface area contributed by atoms with Crippen molar-refractivity contribution in [3.8, 4) is 0 Å². The third kappa shape index (κ3) is 3.45. The molecule has 0 aliphatic carbocycles. The molecular formula is C21H21N3O3S2. The van der Waals surface area contributed by atoms with Crippen LogP contribution < -0.4 is 5.32 Å². The molecule has 0 bridgehead atoms. The average Bonchev–Trinajstić information content (AvgIpc) is 3.18. The summed E-state index contributed by atoms with van der Waals surface area (Å²) in [6.45, 7) is 0.980. The summed E-state index contributed by atoms with van der Waals surface area (Å²) in [5, 5.41) is 3.82. The van der Waals surface area contributed by atoms with Crippen LogP contribution in [0.3, 0.4) is 0 Å². The van der Waals surface area contributed by atoms with Gasteiger partial charge in [0.2, 0.25) is 15.9 Å². The number of aryl methyl sites for hydroxylation is 1. The van der Waals surface area contributed by atoms with Gasteiger partial charge in [-0.1, -0.05) is 12.1 Å². The van der Waals surface area contributed by atoms with Gasteiger partial charge < -0.3 is 5.32 Å². The van der Waals surface area contributed by atoms with Crippen LogP contribution in [0.1, 0.15) is 35.8 Å². The number of aromatic nitrogens is 1. The number of thiazole rings is 1. The number of carbonyl (C=O) groups excluding carboxylic acids is 1. The minimum absolute atomic E-state index is 0.0252. The Bertz CT molecular complexity index is 1170. The van der Waals surface area contributed by atoms with Crippen LogP contribution in [0.15, 0.2) is 47.4 Å². The minimum atomic E-state index is -3.58. The van der Waals surface area contributed by atoms with Gasteiger partial charge >= 0.3 is 0 Å². The number of hydrogen-bond donors (Lipinski definition) is 1. The molecule has 2 aromatic carbocycles. The average molecular weight is 428 g/mol. The van der Waals surface area contributed by atoms with E-state index < -0.39 is 10.0 Å². The number of amides is 1. The van der Waals surface area contributed by atoms with Crippen molar-refractivity contribution in [2.45, 2.75) is 36.5 Å². The molecule has 8 heteroatoms. The van der Waals surface area contributed by atoms with E-state index in [0.717, 1.165) is 33.6 Å². The minimum Gasteiger partial charge on any atom is -0.326 e. The molecule has 3 heterocycles. The first-order valence-electron chi connectivity index (χ1n) is 9.79. The van der Waals surface area contributed by atoms with Gasteiger partial charge in [-0.05, 0) is 55.2 Å². The van der Waals surface area contributed by atoms with Gasteiger partial charge in [-0.3, -0.25) is 4.79 Å². The van der Waals surface area contributed by atoms with E-state index in [1.807, 2.05) is 18.2 Å². The molecule has 1 atom stereocenters. The van der Waals surface area contributed by atoms with Gasteiger partial charge in [0, 0.05) is 31.1 Å². The molecule has 3 aromatic rings. The van der Waals surface area contributed by atoms with Crippen LogP contribution in [0, 0.1) is 0 Å². The summed E-state index contributed by atoms with van der Waals surface area (Å²) in [5.74, 6) is 0.0932. The fourth-order valence-electron chi connectivity index (χ4n) is 4.10. The largest absolute Gasteiger partial charge is 0.326 e. The van der Waals surface area contributed by atoms with Crippen LogP contribution in [0.2, 0.25) is 0 Å². The summed E-state index contributed by atoms with van der Waals surface area (Å²) in [7, 11) is -3.58. The molecule has 0 saturated carbocycles. The second-order valence-corrected chi connectivity index (χ2v) is 10.6. The molecule has 1 fully saturated rings. The van der Waals surface area contributed by atoms with Crippen LogP contribution in [-0.4, -0.2) is 36.7 Å². The second-order valence-electron chi connectivity index (χ2n) is 7.59. The lowest BCUT2D eigenvalue weighted by atomic mass is 10.0. The van der Waals surface area contributed by atoms with Crippen LogP contribution in [0.4, 0.5) is 5.69 Å². The molecule has 2 aliphatic rings. The first-order valence-corrected chi connectivity index (χ1v) is 12.0. The fourth-order valence-corrected chi connectivity index (χ4v) is 6.76. The van der Waals surface area contributed by atoms with E-state index in [0.29, 0.717) is 36.5 Å². The lowest BCUT2D eigenvalue weighted by Gasteiger charge is -2.31. The summed E-state index contributed by atoms with van der Waals surface area (Å²) in [6, 6.07) is 13.0. The van der Waals surface area contributed by atoms with Crippen molar-refractivity contribution in [3.05, 3.63) is 53.0 Å². The number of para-hydroxylation sites is 1. The van der Waals surface area contributed by atoms with Crippen molar-refractivity contribution in [2.24, 2.45) is 0 Å². The Balaban J connectivity index is 1.41. The van der Waals surface area contributed by atoms with Crippen molar-refractivity contribution in [2.75, 3.05) is 18.4 Å². The van der Waals surface area contributed by atoms with E-state index in [4.69, 9.17) is 4.98 Å². The van der Waals surface area contributed by atoms with Gasteiger partial charge in [-0.15, -0.1) is 11.3 Å². The van der Waals surface area contributed by atoms with Gasteiger partial charge in [0.1, 0.15) is 0 Å². The highest BCUT2D eigenvalue weighted by Gasteiger charge is 2.33. The van der Waals surface area contributed by atoms with E-state index in [-0.39, 0.29) is 11.8 Å². The molecular weight excluding hydrogens is 406 g/mol. The number of fused-ring (bicyclic) bond motifs is 2. The zero-order valence-corrected chi connectivity index (χ0v) is 17.4. The van der Waals surface area contributed by atoms with E-state index >= 15 is 0 Å². The maximum atomic E-state index is 13.3. The summed E-state index contributed by atoms with van der Waals surface area (Å²) in [5.41, 5.74) is 2.57. The molecule has 29 heavy (non-hydrogen) atoms. The van der Waals surface area contributed by atoms with Crippen molar-refractivity contribution >= 4 is 43.2 Å². The quantitative estimate of drug-likeness (QED) is 0.690. The molecule has 1 N–H and O–H groups in total. The van der Waals surface area contributed by atoms with Gasteiger partial charge in [0.05, 0.1) is 20.1 Å². The van der Waals surface area contributed by atoms with E-state index in [1.165, 1.54) is 0 Å². The monoisotopic (exact) mass is 427 g/mol. The van der Waals surface area contributed by atoms with E-state index in [2.05, 4.69) is 11.4 Å². The van der Waals surface area contributed by atoms with Gasteiger partial charge in [-0.2, -0.15) is 4.31 Å². The molecule has 1 unspecified atom stereocenters. The predicted molar refractivity (Wildman–Crippen MR) is 114 cm³/mol. The van der Waals surface area contributed by atoms with Crippen molar-refractivity contribution in [3.63, 3.8) is 0 Å². The predicted octanol–water partition coefficient (Wildman–Crippen LogP) is 3.75. The summed E-state index contributed by atoms with van der Waals surface area (Å²) in [4.78, 5) is 16.6. The Labute approximate surface area is 173 Å². The Morgan fingerprint density at radius 2 is 2.00 bits per heavy atom. The van der Waals surface area contributed by atoms with Crippen LogP contribution in [0.25, 0.3) is 10.2 Å². The van der Waals surface area contributed by atoms with Crippen LogP contribution in [-0.2, 0) is 21.2 Å². The summed E-state index contributed by atoms with van der Waals surface area (Å²) < 4.78 is 29.3. The molecule has 1 aromatic heterocycles. The molecule has 150 valence electrons. The zero-order chi connectivity index (χ0) is 20.0. The van der Waals surface area contributed by atoms with Gasteiger partial charge in [0.15, 0.2) is 0 Å². The first kappa shape index (κ1) is 18.7. The van der Waals surface area contributed by atoms with Crippen LogP contribution >= 0.6 is 11.3 Å². The number of nitrogens with one attached hydrogen (secondary N) is 1. The summed E-state index contributed by atoms with van der Waals surface area (Å²) in [6.07, 6.45) is 2.72. The number of piperidine rings is 1. The smallest absolute Gasteiger partial charge is 0.243 e. The highest BCUT2D eigenvalue weighted by Crippen LogP contribution is 2.35. The molecule has 1 saturated heterocycles. The third-order valence-electron chi connectivity index (χ3n) is 5.65. The topological polar surface area (TPSA) is 79.4 Å². The SMILES string of the molecule is O=C1CCc2cc(S(=O)(=O)N3CCCC(c4nc5ccccc5s4)C3)ccc2N1. The highest BCUT2D eigenvalue weighted by atomic mass is 32.2. The summed E-state index contributed by atoms with van der Waals surface area (Å²) >= 11 is 1.66. The molecule has 6 nitrogen and oxygen atoms in total. The normalized spacial score (nSPS) is 20.4. The third-order valence-corrected chi connectivity index (χ3v) is 8.71. The lowest BCUT2D eigenvalue weighted by Crippen LogP contribution is -2.39. The standard InChI is InChI=1S/C21H21N3O3S2/c25-20-10-7-14-12-16(8-9-17(14)22-20)29(26,27)24-11-3-4-15(13-24)21-23-18-5-1-2-6-19(18)28-21/h1-2,5-6,8-9,12,15H,3-4,7,10-11,13H2,(H,22,25). The van der Waals surface area contributed by atoms with Crippen LogP contribution in [0.5, 0.6) is 0 Å². The fraction of sp³-hybridized carbons (Fsp3) is 0.333. The van der Waals surface area contributed by atoms with Crippen molar-refractivity contribution < 1.29 is 13.2 Å². The van der Waals surface area contributed by atoms with Gasteiger partial charge in [0.25, 0.3) is 0 Å². The Hall–Kier alpha value is -2.29. The Morgan fingerprint density at radius 3 is 2.86 bits per heavy atom. The zero-order valence-electron chi connectivity index (χ0n) is 15.8. The molecule has 5 rings (SSSR count). The Kier molecular flexibility index (Phi) is 4.64. The lowest BCUT2D eigenvalue weighted by molar-refractivity contribution is -0.116. The number of hydrogen-bond acceptors (Lipinski definition) is 5. The number of sulfonamides is 1. The molecule has 1 amide bonds. The number of anilines is 1. The number of rotatable bonds is 3. The number of nitrogens with zero attached hydrogens (tertiary/aromatic N) is 2.